The minimum Gasteiger partial charge on any atom is -0.355 e. The van der Waals surface area contributed by atoms with Crippen molar-refractivity contribution in [2.45, 2.75) is 6.42 Å². The van der Waals surface area contributed by atoms with Crippen molar-refractivity contribution < 1.29 is 18.4 Å². The molecule has 0 atom stereocenters. The van der Waals surface area contributed by atoms with E-state index in [-0.39, 0.29) is 30.5 Å². The summed E-state index contributed by atoms with van der Waals surface area (Å²) in [6.07, 6.45) is 0.688. The van der Waals surface area contributed by atoms with Gasteiger partial charge >= 0.3 is 0 Å². The third-order valence-corrected chi connectivity index (χ3v) is 4.58. The number of hydrogen-bond acceptors (Lipinski definition) is 2. The molecule has 26 heavy (non-hydrogen) atoms. The third-order valence-electron chi connectivity index (χ3n) is 4.33. The Morgan fingerprint density at radius 2 is 1.77 bits per heavy atom. The molecule has 2 amide bonds. The third kappa shape index (κ3) is 4.19. The molecule has 3 rings (SSSR count). The molecular weight excluding hydrogens is 362 g/mol. The molecule has 0 saturated carbocycles. The Morgan fingerprint density at radius 1 is 1.08 bits per heavy atom. The molecule has 4 nitrogen and oxygen atoms in total. The monoisotopic (exact) mass is 378 g/mol. The summed E-state index contributed by atoms with van der Waals surface area (Å²) >= 11 is 5.82. The molecule has 1 N–H and O–H groups in total. The van der Waals surface area contributed by atoms with E-state index >= 15 is 0 Å². The summed E-state index contributed by atoms with van der Waals surface area (Å²) in [6, 6.07) is 10.4. The van der Waals surface area contributed by atoms with E-state index in [0.29, 0.717) is 18.0 Å². The van der Waals surface area contributed by atoms with Crippen molar-refractivity contribution in [3.8, 4) is 0 Å². The van der Waals surface area contributed by atoms with Crippen LogP contribution in [0.5, 0.6) is 0 Å². The van der Waals surface area contributed by atoms with E-state index < -0.39 is 17.5 Å². The number of halogens is 3. The normalized spacial score (nSPS) is 14.0. The van der Waals surface area contributed by atoms with Gasteiger partial charge in [-0.05, 0) is 42.3 Å². The Hall–Kier alpha value is -2.47. The molecule has 1 heterocycles. The second-order valence-electron chi connectivity index (χ2n) is 6.20. The summed E-state index contributed by atoms with van der Waals surface area (Å²) < 4.78 is 26.1. The van der Waals surface area contributed by atoms with Gasteiger partial charge < -0.3 is 10.2 Å². The summed E-state index contributed by atoms with van der Waals surface area (Å²) in [5.41, 5.74) is 1.14. The van der Waals surface area contributed by atoms with E-state index in [9.17, 15) is 18.4 Å². The predicted molar refractivity (Wildman–Crippen MR) is 93.9 cm³/mol. The van der Waals surface area contributed by atoms with Crippen molar-refractivity contribution >= 4 is 23.4 Å². The number of benzene rings is 2. The number of carbonyl (C=O) groups excluding carboxylic acids is 2. The topological polar surface area (TPSA) is 49.4 Å². The molecule has 1 aliphatic heterocycles. The Bertz CT molecular complexity index is 821. The number of amides is 2. The zero-order valence-corrected chi connectivity index (χ0v) is 14.6. The maximum atomic E-state index is 13.2. The minimum absolute atomic E-state index is 0.0745. The number of likely N-dealkylation sites (tertiary alicyclic amines) is 1. The van der Waals surface area contributed by atoms with E-state index in [0.717, 1.165) is 17.7 Å². The van der Waals surface area contributed by atoms with Gasteiger partial charge in [0.1, 0.15) is 0 Å². The molecule has 0 bridgehead atoms. The molecule has 1 aliphatic rings. The number of nitrogens with one attached hydrogen (secondary N) is 1. The van der Waals surface area contributed by atoms with Gasteiger partial charge in [-0.25, -0.2) is 8.78 Å². The summed E-state index contributed by atoms with van der Waals surface area (Å²) in [5.74, 6) is -2.87. The largest absolute Gasteiger partial charge is 0.355 e. The molecule has 0 aromatic heterocycles. The lowest BCUT2D eigenvalue weighted by molar-refractivity contribution is -0.128. The first kappa shape index (κ1) is 18.3. The highest BCUT2D eigenvalue weighted by atomic mass is 35.5. The number of hydrogen-bond donors (Lipinski definition) is 1. The zero-order valence-electron chi connectivity index (χ0n) is 13.8. The van der Waals surface area contributed by atoms with Gasteiger partial charge in [-0.1, -0.05) is 23.7 Å². The molecule has 0 unspecified atom stereocenters. The van der Waals surface area contributed by atoms with E-state index in [1.54, 1.807) is 12.1 Å². The Balaban J connectivity index is 1.43. The second kappa shape index (κ2) is 7.83. The lowest BCUT2D eigenvalue weighted by Crippen LogP contribution is -2.55. The highest BCUT2D eigenvalue weighted by Gasteiger charge is 2.36. The van der Waals surface area contributed by atoms with E-state index in [1.165, 1.54) is 11.0 Å². The zero-order chi connectivity index (χ0) is 18.7. The smallest absolute Gasteiger partial charge is 0.254 e. The molecule has 0 radical (unpaired) electrons. The molecule has 2 aromatic carbocycles. The highest BCUT2D eigenvalue weighted by molar-refractivity contribution is 6.30. The first-order valence-electron chi connectivity index (χ1n) is 8.20. The van der Waals surface area contributed by atoms with Gasteiger partial charge in [-0.2, -0.15) is 0 Å². The van der Waals surface area contributed by atoms with Crippen LogP contribution in [0.4, 0.5) is 8.78 Å². The van der Waals surface area contributed by atoms with Gasteiger partial charge in [-0.15, -0.1) is 0 Å². The quantitative estimate of drug-likeness (QED) is 0.869. The minimum atomic E-state index is -1.06. The van der Waals surface area contributed by atoms with Crippen LogP contribution in [0.15, 0.2) is 42.5 Å². The van der Waals surface area contributed by atoms with Crippen molar-refractivity contribution in [2.75, 3.05) is 19.6 Å². The van der Waals surface area contributed by atoms with Crippen LogP contribution in [0.3, 0.4) is 0 Å². The van der Waals surface area contributed by atoms with Crippen LogP contribution in [0.2, 0.25) is 5.02 Å². The van der Waals surface area contributed by atoms with Gasteiger partial charge in [0.15, 0.2) is 11.6 Å². The van der Waals surface area contributed by atoms with Gasteiger partial charge in [0.05, 0.1) is 5.92 Å². The first-order chi connectivity index (χ1) is 12.4. The second-order valence-corrected chi connectivity index (χ2v) is 6.64. The van der Waals surface area contributed by atoms with Crippen molar-refractivity contribution in [2.24, 2.45) is 5.92 Å². The fourth-order valence-electron chi connectivity index (χ4n) is 2.75. The average Bonchev–Trinajstić information content (AvgIpc) is 2.57. The standard InChI is InChI=1S/C19H17ClF2N2O2/c20-15-4-1-12(2-5-15)7-8-23-18(25)14-10-24(11-14)19(26)13-3-6-16(21)17(22)9-13/h1-6,9,14H,7-8,10-11H2,(H,23,25). The Labute approximate surface area is 154 Å². The van der Waals surface area contributed by atoms with Crippen LogP contribution in [-0.2, 0) is 11.2 Å². The predicted octanol–water partition coefficient (Wildman–Crippen LogP) is 3.05. The first-order valence-corrected chi connectivity index (χ1v) is 8.58. The number of carbonyl (C=O) groups is 2. The fourth-order valence-corrected chi connectivity index (χ4v) is 2.87. The van der Waals surface area contributed by atoms with E-state index in [4.69, 9.17) is 11.6 Å². The van der Waals surface area contributed by atoms with Crippen molar-refractivity contribution in [3.05, 3.63) is 70.2 Å². The van der Waals surface area contributed by atoms with Crippen LogP contribution in [0, 0.1) is 17.6 Å². The molecule has 0 aliphatic carbocycles. The highest BCUT2D eigenvalue weighted by Crippen LogP contribution is 2.20. The summed E-state index contributed by atoms with van der Waals surface area (Å²) in [4.78, 5) is 25.7. The molecule has 7 heteroatoms. The molecule has 1 saturated heterocycles. The molecule has 2 aromatic rings. The van der Waals surface area contributed by atoms with Gasteiger partial charge in [0.2, 0.25) is 5.91 Å². The van der Waals surface area contributed by atoms with Crippen molar-refractivity contribution in [1.82, 2.24) is 10.2 Å². The number of nitrogens with zero attached hydrogens (tertiary/aromatic N) is 1. The Morgan fingerprint density at radius 3 is 2.42 bits per heavy atom. The Kier molecular flexibility index (Phi) is 5.52. The maximum absolute atomic E-state index is 13.2. The molecule has 0 spiro atoms. The fraction of sp³-hybridized carbons (Fsp3) is 0.263. The van der Waals surface area contributed by atoms with Gasteiger partial charge in [-0.3, -0.25) is 9.59 Å². The maximum Gasteiger partial charge on any atom is 0.254 e. The summed E-state index contributed by atoms with van der Waals surface area (Å²) in [7, 11) is 0. The SMILES string of the molecule is O=C(NCCc1ccc(Cl)cc1)C1CN(C(=O)c2ccc(F)c(F)c2)C1. The molecular formula is C19H17ClF2N2O2. The van der Waals surface area contributed by atoms with E-state index in [1.807, 2.05) is 12.1 Å². The lowest BCUT2D eigenvalue weighted by atomic mass is 9.97. The summed E-state index contributed by atoms with van der Waals surface area (Å²) in [5, 5.41) is 3.51. The lowest BCUT2D eigenvalue weighted by Gasteiger charge is -2.38. The summed E-state index contributed by atoms with van der Waals surface area (Å²) in [6.45, 7) is 1.03. The van der Waals surface area contributed by atoms with Crippen LogP contribution in [0.25, 0.3) is 0 Å². The van der Waals surface area contributed by atoms with Gasteiger partial charge in [0.25, 0.3) is 5.91 Å². The average molecular weight is 379 g/mol. The number of rotatable bonds is 5. The van der Waals surface area contributed by atoms with Crippen LogP contribution in [0.1, 0.15) is 15.9 Å². The van der Waals surface area contributed by atoms with Crippen LogP contribution < -0.4 is 5.32 Å². The van der Waals surface area contributed by atoms with Crippen LogP contribution in [-0.4, -0.2) is 36.3 Å². The molecule has 136 valence electrons. The molecule has 1 fully saturated rings. The van der Waals surface area contributed by atoms with Gasteiger partial charge in [0, 0.05) is 30.2 Å². The van der Waals surface area contributed by atoms with Crippen LogP contribution >= 0.6 is 11.6 Å². The van der Waals surface area contributed by atoms with E-state index in [2.05, 4.69) is 5.32 Å². The van der Waals surface area contributed by atoms with Crippen molar-refractivity contribution in [1.29, 1.82) is 0 Å². The van der Waals surface area contributed by atoms with Crippen molar-refractivity contribution in [3.63, 3.8) is 0 Å².